The van der Waals surface area contributed by atoms with Gasteiger partial charge in [0.05, 0.1) is 13.7 Å². The molecule has 0 saturated carbocycles. The zero-order valence-corrected chi connectivity index (χ0v) is 16.5. The normalized spacial score (nSPS) is 18.1. The molecule has 0 aromatic heterocycles. The van der Waals surface area contributed by atoms with Crippen molar-refractivity contribution < 1.29 is 24.0 Å². The molecule has 7 heteroatoms. The summed E-state index contributed by atoms with van der Waals surface area (Å²) in [5.41, 5.74) is 2.30. The van der Waals surface area contributed by atoms with E-state index in [0.717, 1.165) is 16.0 Å². The molecular formula is C21H24ClN2O4+. The Balaban J connectivity index is 1.51. The minimum Gasteiger partial charge on any atom is -0.492 e. The number of hydrogen-bond acceptors (Lipinski definition) is 4. The van der Waals surface area contributed by atoms with E-state index in [-0.39, 0.29) is 24.5 Å². The Kier molecular flexibility index (Phi) is 6.90. The van der Waals surface area contributed by atoms with E-state index in [1.165, 1.54) is 7.11 Å². The Morgan fingerprint density at radius 2 is 1.86 bits per heavy atom. The molecule has 0 fully saturated rings. The average Bonchev–Trinajstić information content (AvgIpc) is 2.71. The molecule has 2 aromatic rings. The largest absolute Gasteiger partial charge is 0.492 e. The van der Waals surface area contributed by atoms with E-state index in [1.54, 1.807) is 24.3 Å². The Morgan fingerprint density at radius 1 is 1.14 bits per heavy atom. The molecule has 3 rings (SSSR count). The lowest BCUT2D eigenvalue weighted by atomic mass is 9.94. The lowest BCUT2D eigenvalue weighted by Crippen LogP contribution is -3.17. The summed E-state index contributed by atoms with van der Waals surface area (Å²) in [6.07, 6.45) is 0.575. The summed E-state index contributed by atoms with van der Waals surface area (Å²) in [6, 6.07) is 14.7. The molecule has 0 radical (unpaired) electrons. The number of methoxy groups -OCH3 is 1. The predicted molar refractivity (Wildman–Crippen MR) is 105 cm³/mol. The van der Waals surface area contributed by atoms with Crippen molar-refractivity contribution in [3.8, 4) is 5.75 Å². The van der Waals surface area contributed by atoms with Crippen molar-refractivity contribution in [3.63, 3.8) is 0 Å². The van der Waals surface area contributed by atoms with Gasteiger partial charge >= 0.3 is 5.97 Å². The van der Waals surface area contributed by atoms with Gasteiger partial charge in [0.2, 0.25) is 0 Å². The Morgan fingerprint density at radius 3 is 2.57 bits per heavy atom. The van der Waals surface area contributed by atoms with Crippen molar-refractivity contribution in [2.45, 2.75) is 19.0 Å². The van der Waals surface area contributed by atoms with Crippen molar-refractivity contribution in [2.75, 3.05) is 26.8 Å². The van der Waals surface area contributed by atoms with Gasteiger partial charge in [-0.05, 0) is 29.8 Å². The second-order valence-corrected chi connectivity index (χ2v) is 7.15. The summed E-state index contributed by atoms with van der Waals surface area (Å²) in [5.74, 6) is 0.286. The number of fused-ring (bicyclic) bond motifs is 1. The third-order valence-corrected chi connectivity index (χ3v) is 5.08. The summed E-state index contributed by atoms with van der Waals surface area (Å²) in [7, 11) is 1.38. The van der Waals surface area contributed by atoms with Crippen LogP contribution in [0.3, 0.4) is 0 Å². The third-order valence-electron chi connectivity index (χ3n) is 4.83. The first-order valence-corrected chi connectivity index (χ1v) is 9.59. The van der Waals surface area contributed by atoms with Crippen molar-refractivity contribution in [1.29, 1.82) is 0 Å². The van der Waals surface area contributed by atoms with Crippen LogP contribution in [0.2, 0.25) is 5.02 Å². The molecule has 0 spiro atoms. The third kappa shape index (κ3) is 5.24. The molecule has 0 aliphatic carbocycles. The van der Waals surface area contributed by atoms with Crippen LogP contribution in [-0.4, -0.2) is 44.7 Å². The fourth-order valence-electron chi connectivity index (χ4n) is 3.40. The minimum atomic E-state index is -0.379. The highest BCUT2D eigenvalue weighted by Gasteiger charge is 2.36. The lowest BCUT2D eigenvalue weighted by molar-refractivity contribution is -0.924. The number of quaternary nitrogens is 1. The van der Waals surface area contributed by atoms with Gasteiger partial charge in [-0.2, -0.15) is 0 Å². The predicted octanol–water partition coefficient (Wildman–Crippen LogP) is 1.02. The van der Waals surface area contributed by atoms with E-state index in [9.17, 15) is 9.59 Å². The van der Waals surface area contributed by atoms with Gasteiger partial charge in [-0.15, -0.1) is 0 Å². The van der Waals surface area contributed by atoms with Gasteiger partial charge in [0.15, 0.2) is 12.6 Å². The molecule has 1 aliphatic heterocycles. The lowest BCUT2D eigenvalue weighted by Gasteiger charge is -2.31. The van der Waals surface area contributed by atoms with Gasteiger partial charge < -0.3 is 19.7 Å². The van der Waals surface area contributed by atoms with Crippen LogP contribution < -0.4 is 15.0 Å². The van der Waals surface area contributed by atoms with E-state index < -0.39 is 0 Å². The summed E-state index contributed by atoms with van der Waals surface area (Å²) < 4.78 is 10.5. The van der Waals surface area contributed by atoms with Crippen molar-refractivity contribution >= 4 is 23.5 Å². The monoisotopic (exact) mass is 403 g/mol. The van der Waals surface area contributed by atoms with Crippen LogP contribution in [0.1, 0.15) is 11.1 Å². The van der Waals surface area contributed by atoms with Crippen molar-refractivity contribution in [1.82, 2.24) is 5.32 Å². The van der Waals surface area contributed by atoms with E-state index in [4.69, 9.17) is 21.1 Å². The molecule has 148 valence electrons. The standard InChI is InChI=1S/C21H23ClN2O4/c1-27-21(26)19-12-15-4-2-3-5-16(15)13-24(19)14-20(25)23-10-11-28-18-8-6-17(22)7-9-18/h2-9,19H,10-14H2,1H3,(H,23,25)/p+1/t19-/m0/s1. The number of benzene rings is 2. The SMILES string of the molecule is COC(=O)[C@@H]1Cc2ccccc2C[NH+]1CC(=O)NCCOc1ccc(Cl)cc1. The van der Waals surface area contributed by atoms with Gasteiger partial charge in [-0.3, -0.25) is 4.79 Å². The van der Waals surface area contributed by atoms with E-state index in [1.807, 2.05) is 24.3 Å². The maximum Gasteiger partial charge on any atom is 0.365 e. The molecular weight excluding hydrogens is 380 g/mol. The van der Waals surface area contributed by atoms with E-state index >= 15 is 0 Å². The van der Waals surface area contributed by atoms with Crippen LogP contribution in [-0.2, 0) is 27.3 Å². The van der Waals surface area contributed by atoms with Gasteiger partial charge in [0.1, 0.15) is 18.9 Å². The molecule has 0 saturated heterocycles. The summed E-state index contributed by atoms with van der Waals surface area (Å²) >= 11 is 5.84. The Labute approximate surface area is 169 Å². The molecule has 2 atom stereocenters. The number of halogens is 1. The van der Waals surface area contributed by atoms with Crippen LogP contribution in [0.5, 0.6) is 5.75 Å². The first-order chi connectivity index (χ1) is 13.6. The number of nitrogens with one attached hydrogen (secondary N) is 2. The number of carbonyl (C=O) groups excluding carboxylic acids is 2. The Bertz CT molecular complexity index is 825. The molecule has 1 heterocycles. The Hall–Kier alpha value is -2.57. The topological polar surface area (TPSA) is 69.1 Å². The van der Waals surface area contributed by atoms with Gasteiger partial charge in [-0.1, -0.05) is 35.9 Å². The second kappa shape index (κ2) is 9.57. The van der Waals surface area contributed by atoms with E-state index in [0.29, 0.717) is 36.9 Å². The maximum absolute atomic E-state index is 12.4. The molecule has 6 nitrogen and oxygen atoms in total. The fraction of sp³-hybridized carbons (Fsp3) is 0.333. The van der Waals surface area contributed by atoms with E-state index in [2.05, 4.69) is 5.32 Å². The quantitative estimate of drug-likeness (QED) is 0.535. The maximum atomic E-state index is 12.4. The molecule has 28 heavy (non-hydrogen) atoms. The van der Waals surface area contributed by atoms with Gasteiger partial charge in [0, 0.05) is 17.0 Å². The average molecular weight is 404 g/mol. The highest BCUT2D eigenvalue weighted by molar-refractivity contribution is 6.30. The molecule has 1 aliphatic rings. The molecule has 1 amide bonds. The smallest absolute Gasteiger partial charge is 0.365 e. The number of carbonyl (C=O) groups is 2. The van der Waals surface area contributed by atoms with Gasteiger partial charge in [-0.25, -0.2) is 4.79 Å². The van der Waals surface area contributed by atoms with Gasteiger partial charge in [0.25, 0.3) is 5.91 Å². The molecule has 1 unspecified atom stereocenters. The highest BCUT2D eigenvalue weighted by Crippen LogP contribution is 2.15. The van der Waals surface area contributed by atoms with Crippen LogP contribution in [0.4, 0.5) is 0 Å². The second-order valence-electron chi connectivity index (χ2n) is 6.71. The molecule has 0 bridgehead atoms. The number of esters is 1. The first kappa shape index (κ1) is 20.2. The first-order valence-electron chi connectivity index (χ1n) is 9.21. The molecule has 2 N–H and O–H groups in total. The molecule has 2 aromatic carbocycles. The van der Waals surface area contributed by atoms with Crippen molar-refractivity contribution in [3.05, 3.63) is 64.7 Å². The van der Waals surface area contributed by atoms with Crippen LogP contribution in [0.25, 0.3) is 0 Å². The van der Waals surface area contributed by atoms with Crippen LogP contribution >= 0.6 is 11.6 Å². The summed E-state index contributed by atoms with van der Waals surface area (Å²) in [4.78, 5) is 25.5. The van der Waals surface area contributed by atoms with Crippen LogP contribution in [0.15, 0.2) is 48.5 Å². The summed E-state index contributed by atoms with van der Waals surface area (Å²) in [6.45, 7) is 1.56. The summed E-state index contributed by atoms with van der Waals surface area (Å²) in [5, 5.41) is 3.50. The van der Waals surface area contributed by atoms with Crippen LogP contribution in [0, 0.1) is 0 Å². The number of amides is 1. The number of ether oxygens (including phenoxy) is 2. The zero-order chi connectivity index (χ0) is 19.9. The zero-order valence-electron chi connectivity index (χ0n) is 15.7. The number of rotatable bonds is 7. The van der Waals surface area contributed by atoms with Crippen molar-refractivity contribution in [2.24, 2.45) is 0 Å². The number of hydrogen-bond donors (Lipinski definition) is 2. The minimum absolute atomic E-state index is 0.122. The highest BCUT2D eigenvalue weighted by atomic mass is 35.5. The fourth-order valence-corrected chi connectivity index (χ4v) is 3.52.